The van der Waals surface area contributed by atoms with Crippen LogP contribution in [-0.2, 0) is 6.54 Å². The molecule has 0 unspecified atom stereocenters. The van der Waals surface area contributed by atoms with Crippen LogP contribution in [0.4, 0.5) is 11.5 Å². The van der Waals surface area contributed by atoms with Crippen molar-refractivity contribution in [2.45, 2.75) is 13.5 Å². The first-order chi connectivity index (χ1) is 8.16. The Morgan fingerprint density at radius 1 is 1.41 bits per heavy atom. The molecule has 88 valence electrons. The summed E-state index contributed by atoms with van der Waals surface area (Å²) in [5.74, 6) is 0.508. The quantitative estimate of drug-likeness (QED) is 0.801. The van der Waals surface area contributed by atoms with Gasteiger partial charge in [0.25, 0.3) is 0 Å². The average molecular weight is 251 g/mol. The Morgan fingerprint density at radius 2 is 2.24 bits per heavy atom. The fourth-order valence-corrected chi connectivity index (χ4v) is 1.50. The molecule has 0 aliphatic carbocycles. The maximum absolute atomic E-state index is 5.83. The molecule has 0 saturated carbocycles. The number of aryl methyl sites for hydroxylation is 1. The third-order valence-electron chi connectivity index (χ3n) is 2.17. The van der Waals surface area contributed by atoms with Crippen molar-refractivity contribution in [2.24, 2.45) is 0 Å². The van der Waals surface area contributed by atoms with Gasteiger partial charge in [-0.15, -0.1) is 0 Å². The Labute approximate surface area is 103 Å². The highest BCUT2D eigenvalue weighted by Gasteiger charge is 2.07. The average Bonchev–Trinajstić information content (AvgIpc) is 2.33. The lowest BCUT2D eigenvalue weighted by Crippen LogP contribution is -2.08. The van der Waals surface area contributed by atoms with E-state index in [-0.39, 0.29) is 5.28 Å². The van der Waals surface area contributed by atoms with E-state index in [2.05, 4.69) is 25.5 Å². The second-order valence-corrected chi connectivity index (χ2v) is 3.75. The lowest BCUT2D eigenvalue weighted by Gasteiger charge is -2.09. The molecule has 3 N–H and O–H groups in total. The molecular formula is C10H11ClN6. The van der Waals surface area contributed by atoms with Gasteiger partial charge in [0.1, 0.15) is 0 Å². The number of rotatable bonds is 3. The molecule has 0 fully saturated rings. The minimum Gasteiger partial charge on any atom is -0.394 e. The fourth-order valence-electron chi connectivity index (χ4n) is 1.28. The Hall–Kier alpha value is -1.95. The van der Waals surface area contributed by atoms with Crippen LogP contribution in [0.5, 0.6) is 0 Å². The highest BCUT2D eigenvalue weighted by molar-refractivity contribution is 6.28. The molecule has 0 radical (unpaired) electrons. The SMILES string of the molecule is Cc1nc(Cl)nc(NCc2cccnn2)c1N. The summed E-state index contributed by atoms with van der Waals surface area (Å²) in [4.78, 5) is 7.97. The molecule has 7 heteroatoms. The second-order valence-electron chi connectivity index (χ2n) is 3.41. The predicted octanol–water partition coefficient (Wildman–Crippen LogP) is 1.42. The topological polar surface area (TPSA) is 89.6 Å². The molecule has 0 aliphatic heterocycles. The summed E-state index contributed by atoms with van der Waals surface area (Å²) in [6.07, 6.45) is 1.61. The van der Waals surface area contributed by atoms with Gasteiger partial charge < -0.3 is 11.1 Å². The number of hydrogen-bond donors (Lipinski definition) is 2. The normalized spacial score (nSPS) is 10.2. The molecule has 17 heavy (non-hydrogen) atoms. The third kappa shape index (κ3) is 2.79. The van der Waals surface area contributed by atoms with Crippen LogP contribution in [0.1, 0.15) is 11.4 Å². The number of hydrogen-bond acceptors (Lipinski definition) is 6. The van der Waals surface area contributed by atoms with Crippen LogP contribution in [0, 0.1) is 6.92 Å². The van der Waals surface area contributed by atoms with E-state index in [0.29, 0.717) is 23.7 Å². The first-order valence-corrected chi connectivity index (χ1v) is 5.34. The van der Waals surface area contributed by atoms with Gasteiger partial charge >= 0.3 is 0 Å². The highest BCUT2D eigenvalue weighted by Crippen LogP contribution is 2.20. The monoisotopic (exact) mass is 250 g/mol. The molecule has 0 spiro atoms. The van der Waals surface area contributed by atoms with Crippen molar-refractivity contribution in [3.63, 3.8) is 0 Å². The van der Waals surface area contributed by atoms with E-state index in [4.69, 9.17) is 17.3 Å². The smallest absolute Gasteiger partial charge is 0.224 e. The molecule has 2 aromatic heterocycles. The van der Waals surface area contributed by atoms with Crippen LogP contribution in [-0.4, -0.2) is 20.2 Å². The summed E-state index contributed by atoms with van der Waals surface area (Å²) in [5, 5.41) is 10.9. The Kier molecular flexibility index (Phi) is 3.34. The van der Waals surface area contributed by atoms with Crippen molar-refractivity contribution < 1.29 is 0 Å². The minimum atomic E-state index is 0.165. The van der Waals surface area contributed by atoms with Crippen molar-refractivity contribution in [1.29, 1.82) is 0 Å². The van der Waals surface area contributed by atoms with E-state index in [1.54, 1.807) is 13.1 Å². The van der Waals surface area contributed by atoms with E-state index in [1.807, 2.05) is 12.1 Å². The van der Waals surface area contributed by atoms with Crippen LogP contribution in [0.2, 0.25) is 5.28 Å². The van der Waals surface area contributed by atoms with E-state index in [9.17, 15) is 0 Å². The summed E-state index contributed by atoms with van der Waals surface area (Å²) in [6, 6.07) is 3.66. The van der Waals surface area contributed by atoms with Gasteiger partial charge in [-0.3, -0.25) is 0 Å². The lowest BCUT2D eigenvalue weighted by atomic mass is 10.3. The molecule has 0 aromatic carbocycles. The number of halogens is 1. The van der Waals surface area contributed by atoms with Crippen LogP contribution in [0.15, 0.2) is 18.3 Å². The summed E-state index contributed by atoms with van der Waals surface area (Å²) in [5.41, 5.74) is 7.75. The zero-order valence-electron chi connectivity index (χ0n) is 9.18. The first-order valence-electron chi connectivity index (χ1n) is 4.97. The fraction of sp³-hybridized carbons (Fsp3) is 0.200. The molecule has 0 aliphatic rings. The minimum absolute atomic E-state index is 0.165. The summed E-state index contributed by atoms with van der Waals surface area (Å²) < 4.78 is 0. The zero-order chi connectivity index (χ0) is 12.3. The van der Waals surface area contributed by atoms with Gasteiger partial charge in [-0.2, -0.15) is 15.2 Å². The molecule has 0 saturated heterocycles. The van der Waals surface area contributed by atoms with Crippen molar-refractivity contribution >= 4 is 23.1 Å². The molecule has 0 bridgehead atoms. The molecule has 2 aromatic rings. The van der Waals surface area contributed by atoms with Crippen LogP contribution < -0.4 is 11.1 Å². The van der Waals surface area contributed by atoms with Gasteiger partial charge in [0.05, 0.1) is 23.6 Å². The summed E-state index contributed by atoms with van der Waals surface area (Å²) >= 11 is 5.76. The van der Waals surface area contributed by atoms with Gasteiger partial charge in [0.15, 0.2) is 5.82 Å². The molecule has 6 nitrogen and oxygen atoms in total. The van der Waals surface area contributed by atoms with Gasteiger partial charge in [0.2, 0.25) is 5.28 Å². The van der Waals surface area contributed by atoms with E-state index < -0.39 is 0 Å². The van der Waals surface area contributed by atoms with Gasteiger partial charge in [0, 0.05) is 6.20 Å². The maximum atomic E-state index is 5.83. The number of nitrogen functional groups attached to an aromatic ring is 1. The number of anilines is 2. The maximum Gasteiger partial charge on any atom is 0.224 e. The molecular weight excluding hydrogens is 240 g/mol. The largest absolute Gasteiger partial charge is 0.394 e. The van der Waals surface area contributed by atoms with Crippen LogP contribution in [0.25, 0.3) is 0 Å². The van der Waals surface area contributed by atoms with Crippen LogP contribution >= 0.6 is 11.6 Å². The van der Waals surface area contributed by atoms with E-state index in [0.717, 1.165) is 5.69 Å². The number of nitrogens with two attached hydrogens (primary N) is 1. The lowest BCUT2D eigenvalue weighted by molar-refractivity contribution is 0.918. The van der Waals surface area contributed by atoms with Crippen LogP contribution in [0.3, 0.4) is 0 Å². The van der Waals surface area contributed by atoms with Crippen molar-refractivity contribution in [2.75, 3.05) is 11.1 Å². The van der Waals surface area contributed by atoms with Gasteiger partial charge in [-0.1, -0.05) is 0 Å². The number of nitrogens with one attached hydrogen (secondary N) is 1. The van der Waals surface area contributed by atoms with Crippen molar-refractivity contribution in [3.8, 4) is 0 Å². The van der Waals surface area contributed by atoms with Gasteiger partial charge in [-0.05, 0) is 30.7 Å². The molecule has 0 atom stereocenters. The molecule has 2 rings (SSSR count). The summed E-state index contributed by atoms with van der Waals surface area (Å²) in [6.45, 7) is 2.25. The predicted molar refractivity (Wildman–Crippen MR) is 65.6 cm³/mol. The van der Waals surface area contributed by atoms with E-state index in [1.165, 1.54) is 0 Å². The zero-order valence-corrected chi connectivity index (χ0v) is 9.94. The summed E-state index contributed by atoms with van der Waals surface area (Å²) in [7, 11) is 0. The third-order valence-corrected chi connectivity index (χ3v) is 2.34. The second kappa shape index (κ2) is 4.92. The number of nitrogens with zero attached hydrogens (tertiary/aromatic N) is 4. The molecule has 2 heterocycles. The standard InChI is InChI=1S/C10H11ClN6/c1-6-8(12)9(16-10(11)15-6)13-5-7-3-2-4-14-17-7/h2-4H,5,12H2,1H3,(H,13,15,16). The first kappa shape index (κ1) is 11.5. The Morgan fingerprint density at radius 3 is 2.94 bits per heavy atom. The van der Waals surface area contributed by atoms with Crippen molar-refractivity contribution in [3.05, 3.63) is 35.0 Å². The van der Waals surface area contributed by atoms with E-state index >= 15 is 0 Å². The highest BCUT2D eigenvalue weighted by atomic mass is 35.5. The molecule has 0 amide bonds. The Balaban J connectivity index is 2.14. The Bertz CT molecular complexity index is 516. The van der Waals surface area contributed by atoms with Gasteiger partial charge in [-0.25, -0.2) is 4.98 Å². The van der Waals surface area contributed by atoms with Crippen molar-refractivity contribution in [1.82, 2.24) is 20.2 Å². The number of aromatic nitrogens is 4.